The lowest BCUT2D eigenvalue weighted by Gasteiger charge is -2.44. The van der Waals surface area contributed by atoms with Crippen molar-refractivity contribution in [3.05, 3.63) is 0 Å². The Morgan fingerprint density at radius 1 is 1.36 bits per heavy atom. The smallest absolute Gasteiger partial charge is 0.249 e. The summed E-state index contributed by atoms with van der Waals surface area (Å²) in [5.41, 5.74) is -0.0388. The molecular weight excluding hydrogens is 148 g/mol. The summed E-state index contributed by atoms with van der Waals surface area (Å²) < 4.78 is 25.1. The lowest BCUT2D eigenvalue weighted by Crippen LogP contribution is -2.47. The fourth-order valence-corrected chi connectivity index (χ4v) is 2.50. The second-order valence-electron chi connectivity index (χ2n) is 4.20. The van der Waals surface area contributed by atoms with E-state index in [0.717, 1.165) is 13.0 Å². The van der Waals surface area contributed by atoms with Gasteiger partial charge in [-0.25, -0.2) is 8.78 Å². The van der Waals surface area contributed by atoms with Gasteiger partial charge in [-0.1, -0.05) is 0 Å². The second-order valence-corrected chi connectivity index (χ2v) is 4.20. The number of hydrogen-bond acceptors (Lipinski definition) is 1. The SMILES string of the molecule is C[C@H]1CC2(CN1)CC(F)(F)C2. The van der Waals surface area contributed by atoms with Crippen molar-refractivity contribution < 1.29 is 8.78 Å². The molecule has 1 saturated heterocycles. The first-order valence-electron chi connectivity index (χ1n) is 4.13. The highest BCUT2D eigenvalue weighted by atomic mass is 19.3. The van der Waals surface area contributed by atoms with Crippen LogP contribution < -0.4 is 5.32 Å². The van der Waals surface area contributed by atoms with E-state index in [1.165, 1.54) is 0 Å². The molecule has 1 aliphatic heterocycles. The topological polar surface area (TPSA) is 12.0 Å². The molecule has 2 aliphatic rings. The van der Waals surface area contributed by atoms with Gasteiger partial charge in [-0.05, 0) is 18.8 Å². The second kappa shape index (κ2) is 1.94. The quantitative estimate of drug-likeness (QED) is 0.571. The van der Waals surface area contributed by atoms with E-state index in [4.69, 9.17) is 0 Å². The van der Waals surface area contributed by atoms with Crippen LogP contribution in [0.15, 0.2) is 0 Å². The zero-order valence-electron chi connectivity index (χ0n) is 6.66. The molecule has 2 fully saturated rings. The minimum atomic E-state index is -2.36. The van der Waals surface area contributed by atoms with Gasteiger partial charge in [0.15, 0.2) is 0 Å². The molecule has 0 aromatic heterocycles. The molecule has 3 heteroatoms. The Kier molecular flexibility index (Phi) is 1.32. The van der Waals surface area contributed by atoms with Crippen molar-refractivity contribution in [3.63, 3.8) is 0 Å². The monoisotopic (exact) mass is 161 g/mol. The van der Waals surface area contributed by atoms with Crippen LogP contribution in [-0.2, 0) is 0 Å². The van der Waals surface area contributed by atoms with Crippen molar-refractivity contribution in [1.82, 2.24) is 5.32 Å². The molecule has 64 valence electrons. The van der Waals surface area contributed by atoms with Gasteiger partial charge < -0.3 is 5.32 Å². The van der Waals surface area contributed by atoms with Crippen molar-refractivity contribution in [2.45, 2.75) is 38.2 Å². The standard InChI is InChI=1S/C8H13F2N/c1-6-2-7(5-11-6)3-8(9,10)4-7/h6,11H,2-5H2,1H3/t6-/m0/s1. The minimum absolute atomic E-state index is 0.0388. The van der Waals surface area contributed by atoms with E-state index < -0.39 is 5.92 Å². The van der Waals surface area contributed by atoms with E-state index in [2.05, 4.69) is 12.2 Å². The maximum atomic E-state index is 12.5. The molecule has 0 aromatic carbocycles. The van der Waals surface area contributed by atoms with Gasteiger partial charge in [0.2, 0.25) is 5.92 Å². The van der Waals surface area contributed by atoms with E-state index in [0.29, 0.717) is 6.04 Å². The van der Waals surface area contributed by atoms with E-state index in [9.17, 15) is 8.78 Å². The summed E-state index contributed by atoms with van der Waals surface area (Å²) in [7, 11) is 0. The maximum Gasteiger partial charge on any atom is 0.249 e. The molecule has 2 rings (SSSR count). The van der Waals surface area contributed by atoms with Gasteiger partial charge in [-0.15, -0.1) is 0 Å². The highest BCUT2D eigenvalue weighted by Crippen LogP contribution is 2.55. The fraction of sp³-hybridized carbons (Fsp3) is 1.00. The molecule has 1 saturated carbocycles. The molecule has 1 atom stereocenters. The van der Waals surface area contributed by atoms with Crippen molar-refractivity contribution in [2.24, 2.45) is 5.41 Å². The van der Waals surface area contributed by atoms with Crippen LogP contribution in [0.4, 0.5) is 8.78 Å². The third kappa shape index (κ3) is 1.15. The summed E-state index contributed by atoms with van der Waals surface area (Å²) in [6, 6.07) is 0.436. The molecule has 0 aromatic rings. The van der Waals surface area contributed by atoms with Gasteiger partial charge in [0, 0.05) is 25.4 Å². The summed E-state index contributed by atoms with van der Waals surface area (Å²) in [6.45, 7) is 2.86. The molecule has 1 nitrogen and oxygen atoms in total. The average Bonchev–Trinajstić information content (AvgIpc) is 2.08. The molecule has 0 unspecified atom stereocenters. The summed E-state index contributed by atoms with van der Waals surface area (Å²) in [6.07, 6.45) is 1.15. The Bertz CT molecular complexity index is 171. The molecule has 1 aliphatic carbocycles. The Hall–Kier alpha value is -0.180. The Morgan fingerprint density at radius 3 is 2.36 bits per heavy atom. The number of hydrogen-bond donors (Lipinski definition) is 1. The summed E-state index contributed by atoms with van der Waals surface area (Å²) in [5.74, 6) is -2.36. The van der Waals surface area contributed by atoms with E-state index in [-0.39, 0.29) is 18.3 Å². The van der Waals surface area contributed by atoms with Crippen LogP contribution in [0.3, 0.4) is 0 Å². The molecule has 1 spiro atoms. The van der Waals surface area contributed by atoms with Crippen LogP contribution in [0, 0.1) is 5.41 Å². The zero-order valence-corrected chi connectivity index (χ0v) is 6.66. The Labute approximate surface area is 65.2 Å². The van der Waals surface area contributed by atoms with Gasteiger partial charge in [-0.3, -0.25) is 0 Å². The predicted octanol–water partition coefficient (Wildman–Crippen LogP) is 1.78. The Morgan fingerprint density at radius 2 is 2.00 bits per heavy atom. The molecule has 0 radical (unpaired) electrons. The van der Waals surface area contributed by atoms with Crippen LogP contribution in [0.1, 0.15) is 26.2 Å². The lowest BCUT2D eigenvalue weighted by atomic mass is 9.65. The zero-order chi connectivity index (χ0) is 8.11. The summed E-state index contributed by atoms with van der Waals surface area (Å²) >= 11 is 0. The van der Waals surface area contributed by atoms with Crippen molar-refractivity contribution >= 4 is 0 Å². The van der Waals surface area contributed by atoms with Crippen LogP contribution in [-0.4, -0.2) is 18.5 Å². The van der Waals surface area contributed by atoms with Gasteiger partial charge >= 0.3 is 0 Å². The van der Waals surface area contributed by atoms with Crippen LogP contribution in [0.25, 0.3) is 0 Å². The average molecular weight is 161 g/mol. The first kappa shape index (κ1) is 7.47. The first-order chi connectivity index (χ1) is 5.02. The normalized spacial score (nSPS) is 39.0. The maximum absolute atomic E-state index is 12.5. The summed E-state index contributed by atoms with van der Waals surface area (Å²) in [5, 5.41) is 3.22. The molecular formula is C8H13F2N. The fourth-order valence-electron chi connectivity index (χ4n) is 2.50. The van der Waals surface area contributed by atoms with Crippen LogP contribution >= 0.6 is 0 Å². The van der Waals surface area contributed by atoms with E-state index >= 15 is 0 Å². The molecule has 0 bridgehead atoms. The largest absolute Gasteiger partial charge is 0.314 e. The van der Waals surface area contributed by atoms with Gasteiger partial charge in [0.1, 0.15) is 0 Å². The third-order valence-electron chi connectivity index (χ3n) is 2.83. The third-order valence-corrected chi connectivity index (χ3v) is 2.83. The number of halogens is 2. The molecule has 0 amide bonds. The number of rotatable bonds is 0. The van der Waals surface area contributed by atoms with Crippen molar-refractivity contribution in [2.75, 3.05) is 6.54 Å². The minimum Gasteiger partial charge on any atom is -0.314 e. The predicted molar refractivity (Wildman–Crippen MR) is 38.7 cm³/mol. The van der Waals surface area contributed by atoms with E-state index in [1.54, 1.807) is 0 Å². The van der Waals surface area contributed by atoms with Gasteiger partial charge in [0.25, 0.3) is 0 Å². The number of nitrogens with one attached hydrogen (secondary N) is 1. The molecule has 1 heterocycles. The lowest BCUT2D eigenvalue weighted by molar-refractivity contribution is -0.153. The van der Waals surface area contributed by atoms with Gasteiger partial charge in [0.05, 0.1) is 0 Å². The highest BCUT2D eigenvalue weighted by Gasteiger charge is 2.58. The van der Waals surface area contributed by atoms with Gasteiger partial charge in [-0.2, -0.15) is 0 Å². The van der Waals surface area contributed by atoms with Crippen molar-refractivity contribution in [3.8, 4) is 0 Å². The molecule has 11 heavy (non-hydrogen) atoms. The number of alkyl halides is 2. The first-order valence-corrected chi connectivity index (χ1v) is 4.13. The van der Waals surface area contributed by atoms with Crippen LogP contribution in [0.5, 0.6) is 0 Å². The van der Waals surface area contributed by atoms with Crippen molar-refractivity contribution in [1.29, 1.82) is 0 Å². The molecule has 1 N–H and O–H groups in total. The Balaban J connectivity index is 1.97. The highest BCUT2D eigenvalue weighted by molar-refractivity contribution is 5.05. The summed E-state index contributed by atoms with van der Waals surface area (Å²) in [4.78, 5) is 0. The van der Waals surface area contributed by atoms with Crippen LogP contribution in [0.2, 0.25) is 0 Å². The van der Waals surface area contributed by atoms with E-state index in [1.807, 2.05) is 0 Å².